The molecule has 0 spiro atoms. The van der Waals surface area contributed by atoms with Crippen molar-refractivity contribution in [3.63, 3.8) is 0 Å². The molecule has 3 fully saturated rings. The molecule has 7 nitrogen and oxygen atoms in total. The van der Waals surface area contributed by atoms with Gasteiger partial charge >= 0.3 is 6.01 Å². The lowest BCUT2D eigenvalue weighted by atomic mass is 9.73. The quantitative estimate of drug-likeness (QED) is 0.355. The molecule has 6 rings (SSSR count). The number of ether oxygens (including phenoxy) is 1. The predicted molar refractivity (Wildman–Crippen MR) is 164 cm³/mol. The molecule has 1 saturated carbocycles. The van der Waals surface area contributed by atoms with Crippen molar-refractivity contribution in [2.45, 2.75) is 96.1 Å². The molecule has 4 atom stereocenters. The van der Waals surface area contributed by atoms with Crippen LogP contribution in [0.2, 0.25) is 0 Å². The van der Waals surface area contributed by atoms with Crippen LogP contribution < -0.4 is 9.64 Å². The molecule has 7 heteroatoms. The Balaban J connectivity index is 1.11. The maximum absolute atomic E-state index is 13.9. The largest absolute Gasteiger partial charge is 0.464 e. The van der Waals surface area contributed by atoms with Gasteiger partial charge in [-0.25, -0.2) is 4.98 Å². The van der Waals surface area contributed by atoms with Gasteiger partial charge in [0.25, 0.3) is 0 Å². The van der Waals surface area contributed by atoms with E-state index in [2.05, 4.69) is 59.9 Å². The number of carbonyl (C=O) groups excluding carboxylic acids is 1. The number of fused-ring (bicyclic) bond motifs is 3. The summed E-state index contributed by atoms with van der Waals surface area (Å²) in [5, 5.41) is 0. The fraction of sp³-hybridized carbons (Fsp3) is 0.676. The number of carbonyl (C=O) groups is 1. The van der Waals surface area contributed by atoms with E-state index >= 15 is 0 Å². The van der Waals surface area contributed by atoms with Gasteiger partial charge in [-0.05, 0) is 87.8 Å². The van der Waals surface area contributed by atoms with E-state index in [1.807, 2.05) is 11.8 Å². The van der Waals surface area contributed by atoms with Gasteiger partial charge in [-0.15, -0.1) is 0 Å². The first-order chi connectivity index (χ1) is 19.9. The van der Waals surface area contributed by atoms with E-state index in [0.717, 1.165) is 42.7 Å². The van der Waals surface area contributed by atoms with Crippen LogP contribution in [0.25, 0.3) is 0 Å². The van der Waals surface area contributed by atoms with Crippen LogP contribution in [0, 0.1) is 11.8 Å². The number of piperazine rings is 1. The third kappa shape index (κ3) is 5.90. The molecule has 1 aromatic carbocycles. The van der Waals surface area contributed by atoms with Gasteiger partial charge in [0.1, 0.15) is 0 Å². The topological polar surface area (TPSA) is 61.8 Å². The summed E-state index contributed by atoms with van der Waals surface area (Å²) in [4.78, 5) is 30.1. The standard InChI is InChI=1S/C34H49N5O2/c1-5-23(3)25-12-14-27(15-13-25)26-10-8-24(9-11-26)18-30-32-31(20-35-34(36-32)41-6-2)39(33(30)40)17-7-16-38-22-28-19-29(38)21-37(28)4/h8-11,20,23,25,27-30H,5-7,12-19,21-22H2,1-4H3/t23?,25?,27?,28?,29?,30-/m0/s1. The average molecular weight is 560 g/mol. The monoisotopic (exact) mass is 559 g/mol. The fourth-order valence-corrected chi connectivity index (χ4v) is 8.04. The lowest BCUT2D eigenvalue weighted by Crippen LogP contribution is -2.45. The van der Waals surface area contributed by atoms with E-state index in [9.17, 15) is 4.79 Å². The van der Waals surface area contributed by atoms with Gasteiger partial charge in [0, 0.05) is 38.3 Å². The Morgan fingerprint density at radius 3 is 2.46 bits per heavy atom. The highest BCUT2D eigenvalue weighted by Crippen LogP contribution is 2.41. The summed E-state index contributed by atoms with van der Waals surface area (Å²) in [6.45, 7) is 11.3. The molecule has 2 saturated heterocycles. The highest BCUT2D eigenvalue weighted by molar-refractivity contribution is 6.04. The fourth-order valence-electron chi connectivity index (χ4n) is 8.04. The molecule has 0 radical (unpaired) electrons. The van der Waals surface area contributed by atoms with Crippen molar-refractivity contribution in [2.75, 3.05) is 44.7 Å². The van der Waals surface area contributed by atoms with Crippen LogP contribution in [-0.4, -0.2) is 77.6 Å². The maximum Gasteiger partial charge on any atom is 0.316 e. The zero-order chi connectivity index (χ0) is 28.5. The van der Waals surface area contributed by atoms with Crippen LogP contribution >= 0.6 is 0 Å². The van der Waals surface area contributed by atoms with Gasteiger partial charge in [0.15, 0.2) is 0 Å². The van der Waals surface area contributed by atoms with Gasteiger partial charge in [0.05, 0.1) is 30.1 Å². The van der Waals surface area contributed by atoms with E-state index in [4.69, 9.17) is 9.72 Å². The number of hydrogen-bond acceptors (Lipinski definition) is 6. The Kier molecular flexibility index (Phi) is 8.64. The molecule has 3 unspecified atom stereocenters. The van der Waals surface area contributed by atoms with Gasteiger partial charge < -0.3 is 14.5 Å². The van der Waals surface area contributed by atoms with E-state index in [1.54, 1.807) is 6.20 Å². The second kappa shape index (κ2) is 12.4. The molecule has 1 aliphatic carbocycles. The SMILES string of the molecule is CCOc1ncc2c(n1)[C@H](Cc1ccc(C3CCC(C(C)CC)CC3)cc1)C(=O)N2CCCN1CC2CC1CN2C. The Morgan fingerprint density at radius 2 is 1.80 bits per heavy atom. The Bertz CT molecular complexity index is 1190. The van der Waals surface area contributed by atoms with Crippen LogP contribution in [0.4, 0.5) is 5.69 Å². The van der Waals surface area contributed by atoms with E-state index in [0.29, 0.717) is 43.6 Å². The molecule has 4 heterocycles. The predicted octanol–water partition coefficient (Wildman–Crippen LogP) is 5.65. The molecular formula is C34H49N5O2. The number of benzene rings is 1. The normalized spacial score (nSPS) is 28.8. The smallest absolute Gasteiger partial charge is 0.316 e. The number of rotatable bonds is 11. The Morgan fingerprint density at radius 1 is 1.02 bits per heavy atom. The molecule has 1 aromatic heterocycles. The molecule has 2 bridgehead atoms. The third-order valence-electron chi connectivity index (χ3n) is 10.8. The first-order valence-electron chi connectivity index (χ1n) is 16.3. The zero-order valence-corrected chi connectivity index (χ0v) is 25.6. The highest BCUT2D eigenvalue weighted by atomic mass is 16.5. The second-order valence-corrected chi connectivity index (χ2v) is 13.2. The zero-order valence-electron chi connectivity index (χ0n) is 25.6. The van der Waals surface area contributed by atoms with Crippen LogP contribution in [0.5, 0.6) is 6.01 Å². The molecule has 41 heavy (non-hydrogen) atoms. The van der Waals surface area contributed by atoms with Crippen molar-refractivity contribution in [3.8, 4) is 6.01 Å². The number of anilines is 1. The van der Waals surface area contributed by atoms with Crippen molar-refractivity contribution in [2.24, 2.45) is 11.8 Å². The summed E-state index contributed by atoms with van der Waals surface area (Å²) < 4.78 is 5.64. The number of likely N-dealkylation sites (N-methyl/N-ethyl adjacent to an activating group) is 1. The second-order valence-electron chi connectivity index (χ2n) is 13.2. The lowest BCUT2D eigenvalue weighted by Gasteiger charge is -2.32. The van der Waals surface area contributed by atoms with Crippen LogP contribution in [0.15, 0.2) is 30.5 Å². The van der Waals surface area contributed by atoms with Gasteiger partial charge in [-0.3, -0.25) is 9.69 Å². The van der Waals surface area contributed by atoms with Crippen LogP contribution in [-0.2, 0) is 11.2 Å². The lowest BCUT2D eigenvalue weighted by molar-refractivity contribution is -0.119. The van der Waals surface area contributed by atoms with Gasteiger partial charge in [-0.1, -0.05) is 44.5 Å². The number of hydrogen-bond donors (Lipinski definition) is 0. The average Bonchev–Trinajstić information content (AvgIpc) is 3.64. The van der Waals surface area contributed by atoms with Crippen molar-refractivity contribution < 1.29 is 9.53 Å². The Hall–Kier alpha value is -2.51. The van der Waals surface area contributed by atoms with Crippen LogP contribution in [0.3, 0.4) is 0 Å². The first kappa shape index (κ1) is 28.6. The maximum atomic E-state index is 13.9. The number of aromatic nitrogens is 2. The summed E-state index contributed by atoms with van der Waals surface area (Å²) in [5.74, 6) is 2.26. The minimum Gasteiger partial charge on any atom is -0.464 e. The third-order valence-corrected chi connectivity index (χ3v) is 10.8. The number of nitrogens with zero attached hydrogens (tertiary/aromatic N) is 5. The van der Waals surface area contributed by atoms with E-state index in [-0.39, 0.29) is 11.8 Å². The molecule has 3 aliphatic heterocycles. The van der Waals surface area contributed by atoms with Crippen molar-refractivity contribution in [1.29, 1.82) is 0 Å². The van der Waals surface area contributed by atoms with Crippen molar-refractivity contribution in [1.82, 2.24) is 19.8 Å². The summed E-state index contributed by atoms with van der Waals surface area (Å²) >= 11 is 0. The molecule has 0 N–H and O–H groups in total. The molecule has 2 aromatic rings. The summed E-state index contributed by atoms with van der Waals surface area (Å²) in [5.41, 5.74) is 4.34. The molecule has 4 aliphatic rings. The summed E-state index contributed by atoms with van der Waals surface area (Å²) in [6.07, 6.45) is 11.3. The highest BCUT2D eigenvalue weighted by Gasteiger charge is 2.42. The van der Waals surface area contributed by atoms with Crippen LogP contribution in [0.1, 0.15) is 94.4 Å². The minimum absolute atomic E-state index is 0.151. The van der Waals surface area contributed by atoms with Crippen molar-refractivity contribution >= 4 is 11.6 Å². The van der Waals surface area contributed by atoms with Gasteiger partial charge in [0.2, 0.25) is 5.91 Å². The Labute approximate surface area is 246 Å². The molecular weight excluding hydrogens is 510 g/mol. The van der Waals surface area contributed by atoms with Crippen molar-refractivity contribution in [3.05, 3.63) is 47.3 Å². The molecule has 222 valence electrons. The number of likely N-dealkylation sites (tertiary alicyclic amines) is 2. The van der Waals surface area contributed by atoms with E-state index in [1.165, 1.54) is 56.2 Å². The minimum atomic E-state index is -0.291. The summed E-state index contributed by atoms with van der Waals surface area (Å²) in [6, 6.07) is 10.9. The molecule has 1 amide bonds. The van der Waals surface area contributed by atoms with Gasteiger partial charge in [-0.2, -0.15) is 4.98 Å². The first-order valence-corrected chi connectivity index (χ1v) is 16.3. The number of amides is 1. The van der Waals surface area contributed by atoms with E-state index < -0.39 is 0 Å². The summed E-state index contributed by atoms with van der Waals surface area (Å²) in [7, 11) is 2.24.